The fourth-order valence-electron chi connectivity index (χ4n) is 6.00. The lowest BCUT2D eigenvalue weighted by atomic mass is 9.96. The van der Waals surface area contributed by atoms with Crippen LogP contribution < -0.4 is 10.6 Å². The van der Waals surface area contributed by atoms with E-state index in [1.54, 1.807) is 36.5 Å². The van der Waals surface area contributed by atoms with E-state index in [1.807, 2.05) is 44.2 Å². The Balaban J connectivity index is 1.55. The first kappa shape index (κ1) is 37.6. The second kappa shape index (κ2) is 18.5. The molecular formula is C36H47N5O7S. The first-order valence-corrected chi connectivity index (χ1v) is 18.3. The van der Waals surface area contributed by atoms with Crippen LogP contribution in [0.3, 0.4) is 0 Å². The number of nitrogens with zero attached hydrogens (tertiary/aromatic N) is 3. The number of hydrogen-bond acceptors (Lipinski definition) is 9. The lowest BCUT2D eigenvalue weighted by Crippen LogP contribution is -2.57. The number of ether oxygens (including phenoxy) is 1. The van der Waals surface area contributed by atoms with Crippen molar-refractivity contribution in [3.63, 3.8) is 0 Å². The van der Waals surface area contributed by atoms with Gasteiger partial charge in [0.1, 0.15) is 19.2 Å². The summed E-state index contributed by atoms with van der Waals surface area (Å²) in [6.07, 6.45) is 4.08. The smallest absolute Gasteiger partial charge is 0.408 e. The van der Waals surface area contributed by atoms with Gasteiger partial charge in [-0.2, -0.15) is 9.21 Å². The molecule has 1 heterocycles. The Hall–Kier alpha value is -4.20. The van der Waals surface area contributed by atoms with Gasteiger partial charge in [0.05, 0.1) is 22.7 Å². The van der Waals surface area contributed by atoms with Gasteiger partial charge in [-0.05, 0) is 66.5 Å². The number of benzene rings is 2. The highest BCUT2D eigenvalue weighted by atomic mass is 32.2. The van der Waals surface area contributed by atoms with Gasteiger partial charge in [-0.15, -0.1) is 0 Å². The van der Waals surface area contributed by atoms with Crippen LogP contribution in [0.15, 0.2) is 89.1 Å². The summed E-state index contributed by atoms with van der Waals surface area (Å²) in [5.41, 5.74) is 1.98. The fourth-order valence-corrected chi connectivity index (χ4v) is 7.53. The molecule has 1 aromatic heterocycles. The Kier molecular flexibility index (Phi) is 14.2. The minimum absolute atomic E-state index is 0.0428. The van der Waals surface area contributed by atoms with Crippen molar-refractivity contribution in [3.05, 3.63) is 101 Å². The van der Waals surface area contributed by atoms with Gasteiger partial charge in [-0.25, -0.2) is 13.2 Å². The maximum atomic E-state index is 14.0. The van der Waals surface area contributed by atoms with Crippen LogP contribution in [0.1, 0.15) is 62.8 Å². The Bertz CT molecular complexity index is 1590. The van der Waals surface area contributed by atoms with E-state index in [4.69, 9.17) is 4.74 Å². The zero-order chi connectivity index (χ0) is 35.2. The maximum absolute atomic E-state index is 14.0. The van der Waals surface area contributed by atoms with Gasteiger partial charge in [0.2, 0.25) is 15.9 Å². The van der Waals surface area contributed by atoms with E-state index < -0.39 is 40.2 Å². The lowest BCUT2D eigenvalue weighted by Gasteiger charge is -2.32. The molecule has 0 unspecified atom stereocenters. The standard InChI is InChI=1S/C36H47N5O7S/c1-3-26(2)34(40-36(44)48-25-30-15-9-10-20-37-30)35(43)39-32(21-27-11-5-4-6-12-27)33(42)24-41(23-29-13-7-8-14-29)49(46,47)31-18-16-28(17-19-31)22-38-45/h4-6,9-12,15-20,26,29,32-34,42H,3,7-8,13-14,21-25H2,1-2H3,(H,39,43)(H,40,44)/t26-,32-,33+,34-/m0/s1. The van der Waals surface area contributed by atoms with E-state index in [2.05, 4.69) is 20.8 Å². The third kappa shape index (κ3) is 11.2. The van der Waals surface area contributed by atoms with E-state index in [0.717, 1.165) is 31.2 Å². The molecule has 49 heavy (non-hydrogen) atoms. The molecule has 0 spiro atoms. The Morgan fingerprint density at radius 2 is 1.69 bits per heavy atom. The normalized spacial score (nSPS) is 16.0. The predicted octanol–water partition coefficient (Wildman–Crippen LogP) is 4.96. The van der Waals surface area contributed by atoms with Crippen LogP contribution in [0.25, 0.3) is 0 Å². The molecular weight excluding hydrogens is 646 g/mol. The van der Waals surface area contributed by atoms with E-state index in [0.29, 0.717) is 17.7 Å². The number of nitrogens with one attached hydrogen (secondary N) is 2. The van der Waals surface area contributed by atoms with Gasteiger partial charge in [0.15, 0.2) is 0 Å². The molecule has 4 atom stereocenters. The Labute approximate surface area is 288 Å². The molecule has 2 amide bonds. The molecule has 264 valence electrons. The Morgan fingerprint density at radius 1 is 1.00 bits per heavy atom. The highest BCUT2D eigenvalue weighted by Gasteiger charge is 2.35. The summed E-state index contributed by atoms with van der Waals surface area (Å²) >= 11 is 0. The fraction of sp³-hybridized carbons (Fsp3) is 0.472. The molecule has 1 fully saturated rings. The number of aliphatic hydroxyl groups is 1. The molecule has 0 radical (unpaired) electrons. The Morgan fingerprint density at radius 3 is 2.33 bits per heavy atom. The summed E-state index contributed by atoms with van der Waals surface area (Å²) in [5, 5.41) is 20.3. The third-order valence-corrected chi connectivity index (χ3v) is 10.9. The second-order valence-electron chi connectivity index (χ2n) is 12.7. The average molecular weight is 694 g/mol. The molecule has 3 aromatic rings. The van der Waals surface area contributed by atoms with E-state index in [-0.39, 0.29) is 49.4 Å². The number of rotatable bonds is 18. The number of nitroso groups, excluding NO2 is 1. The number of aliphatic hydroxyl groups excluding tert-OH is 1. The summed E-state index contributed by atoms with van der Waals surface area (Å²) < 4.78 is 34.7. The van der Waals surface area contributed by atoms with Gasteiger partial charge in [0, 0.05) is 19.3 Å². The van der Waals surface area contributed by atoms with Crippen molar-refractivity contribution in [2.75, 3.05) is 13.1 Å². The van der Waals surface area contributed by atoms with Gasteiger partial charge in [-0.3, -0.25) is 9.78 Å². The van der Waals surface area contributed by atoms with Crippen LogP contribution in [-0.4, -0.2) is 66.1 Å². The number of sulfonamides is 1. The zero-order valence-electron chi connectivity index (χ0n) is 28.1. The van der Waals surface area contributed by atoms with Crippen molar-refractivity contribution in [2.24, 2.45) is 17.0 Å². The van der Waals surface area contributed by atoms with Crippen LogP contribution in [0.4, 0.5) is 4.79 Å². The molecule has 0 bridgehead atoms. The molecule has 0 aliphatic heterocycles. The third-order valence-electron chi connectivity index (χ3n) is 9.07. The molecule has 12 nitrogen and oxygen atoms in total. The van der Waals surface area contributed by atoms with Gasteiger partial charge in [0.25, 0.3) is 0 Å². The number of alkyl carbamates (subject to hydrolysis) is 1. The predicted molar refractivity (Wildman–Crippen MR) is 186 cm³/mol. The monoisotopic (exact) mass is 693 g/mol. The van der Waals surface area contributed by atoms with Crippen molar-refractivity contribution in [3.8, 4) is 0 Å². The number of hydrogen-bond donors (Lipinski definition) is 3. The molecule has 13 heteroatoms. The summed E-state index contributed by atoms with van der Waals surface area (Å²) in [6, 6.07) is 18.7. The number of aromatic nitrogens is 1. The second-order valence-corrected chi connectivity index (χ2v) is 14.6. The van der Waals surface area contributed by atoms with Gasteiger partial charge >= 0.3 is 6.09 Å². The zero-order valence-corrected chi connectivity index (χ0v) is 28.9. The van der Waals surface area contributed by atoms with Gasteiger partial charge < -0.3 is 20.5 Å². The van der Waals surface area contributed by atoms with Crippen LogP contribution in [0, 0.1) is 16.7 Å². The van der Waals surface area contributed by atoms with Crippen LogP contribution >= 0.6 is 0 Å². The highest BCUT2D eigenvalue weighted by molar-refractivity contribution is 7.89. The number of carbonyl (C=O) groups is 2. The SMILES string of the molecule is CC[C@H](C)[C@H](NC(=O)OCc1ccccn1)C(=O)N[C@@H](Cc1ccccc1)[C@H](O)CN(CC1CCCC1)S(=O)(=O)c1ccc(CN=O)cc1. The van der Waals surface area contributed by atoms with Crippen LogP contribution in [-0.2, 0) is 39.1 Å². The van der Waals surface area contributed by atoms with Gasteiger partial charge in [-0.1, -0.05) is 86.8 Å². The van der Waals surface area contributed by atoms with Crippen LogP contribution in [0.2, 0.25) is 0 Å². The molecule has 2 aromatic carbocycles. The summed E-state index contributed by atoms with van der Waals surface area (Å²) in [6.45, 7) is 3.55. The van der Waals surface area contributed by atoms with E-state index in [9.17, 15) is 28.0 Å². The number of carbonyl (C=O) groups excluding carboxylic acids is 2. The topological polar surface area (TPSA) is 167 Å². The van der Waals surface area contributed by atoms with E-state index in [1.165, 1.54) is 16.4 Å². The summed E-state index contributed by atoms with van der Waals surface area (Å²) in [4.78, 5) is 41.6. The molecule has 1 saturated carbocycles. The average Bonchev–Trinajstić information content (AvgIpc) is 3.63. The molecule has 1 aliphatic rings. The maximum Gasteiger partial charge on any atom is 0.408 e. The van der Waals surface area contributed by atoms with Crippen molar-refractivity contribution in [2.45, 2.75) is 88.6 Å². The first-order chi connectivity index (χ1) is 23.6. The molecule has 1 aliphatic carbocycles. The summed E-state index contributed by atoms with van der Waals surface area (Å²) in [5.74, 6) is -0.666. The van der Waals surface area contributed by atoms with Crippen molar-refractivity contribution in [1.29, 1.82) is 0 Å². The summed E-state index contributed by atoms with van der Waals surface area (Å²) in [7, 11) is -4.06. The van der Waals surface area contributed by atoms with Crippen molar-refractivity contribution >= 4 is 22.0 Å². The van der Waals surface area contributed by atoms with E-state index >= 15 is 0 Å². The minimum atomic E-state index is -4.06. The largest absolute Gasteiger partial charge is 0.443 e. The minimum Gasteiger partial charge on any atom is -0.443 e. The lowest BCUT2D eigenvalue weighted by molar-refractivity contribution is -0.125. The van der Waals surface area contributed by atoms with Crippen molar-refractivity contribution in [1.82, 2.24) is 19.9 Å². The highest BCUT2D eigenvalue weighted by Crippen LogP contribution is 2.28. The molecule has 4 rings (SSSR count). The van der Waals surface area contributed by atoms with Crippen LogP contribution in [0.5, 0.6) is 0 Å². The molecule has 0 saturated heterocycles. The first-order valence-electron chi connectivity index (χ1n) is 16.8. The quantitative estimate of drug-likeness (QED) is 0.157. The van der Waals surface area contributed by atoms with Crippen molar-refractivity contribution < 1.29 is 27.9 Å². The molecule has 3 N–H and O–H groups in total. The number of pyridine rings is 1. The number of amides is 2.